The van der Waals surface area contributed by atoms with Gasteiger partial charge in [-0.15, -0.1) is 15.3 Å². The van der Waals surface area contributed by atoms with Crippen LogP contribution in [0.4, 0.5) is 10.8 Å². The molecule has 136 valence electrons. The highest BCUT2D eigenvalue weighted by atomic mass is 32.2. The Morgan fingerprint density at radius 2 is 1.89 bits per heavy atom. The zero-order valence-electron chi connectivity index (χ0n) is 14.8. The molecule has 0 unspecified atom stereocenters. The minimum absolute atomic E-state index is 0.611. The van der Waals surface area contributed by atoms with Crippen molar-refractivity contribution in [1.29, 1.82) is 0 Å². The molecule has 2 aromatic carbocycles. The van der Waals surface area contributed by atoms with Crippen LogP contribution in [-0.2, 0) is 5.75 Å². The quantitative estimate of drug-likeness (QED) is 0.491. The number of tetrazole rings is 1. The van der Waals surface area contributed by atoms with Crippen molar-refractivity contribution in [2.45, 2.75) is 23.9 Å². The maximum Gasteiger partial charge on any atom is 0.210 e. The zero-order chi connectivity index (χ0) is 18.6. The molecule has 0 aliphatic rings. The Morgan fingerprint density at radius 1 is 1.04 bits per heavy atom. The molecule has 0 aliphatic heterocycles. The van der Waals surface area contributed by atoms with Gasteiger partial charge in [0.05, 0.1) is 11.4 Å². The summed E-state index contributed by atoms with van der Waals surface area (Å²) in [5, 5.41) is 24.6. The summed E-state index contributed by atoms with van der Waals surface area (Å²) in [6, 6.07) is 16.1. The van der Waals surface area contributed by atoms with Crippen molar-refractivity contribution in [3.63, 3.8) is 0 Å². The van der Waals surface area contributed by atoms with E-state index in [0.717, 1.165) is 26.7 Å². The van der Waals surface area contributed by atoms with E-state index in [1.165, 1.54) is 22.5 Å². The monoisotopic (exact) mass is 395 g/mol. The highest BCUT2D eigenvalue weighted by Gasteiger charge is 2.11. The summed E-state index contributed by atoms with van der Waals surface area (Å²) in [5.74, 6) is 1.38. The molecule has 7 nitrogen and oxygen atoms in total. The molecule has 9 heteroatoms. The fourth-order valence-electron chi connectivity index (χ4n) is 2.58. The fourth-order valence-corrected chi connectivity index (χ4v) is 4.25. The molecule has 0 aliphatic carbocycles. The number of thioether (sulfide) groups is 1. The smallest absolute Gasteiger partial charge is 0.210 e. The van der Waals surface area contributed by atoms with Crippen molar-refractivity contribution >= 4 is 33.9 Å². The number of benzene rings is 2. The maximum atomic E-state index is 4.25. The normalized spacial score (nSPS) is 10.9. The molecule has 0 spiro atoms. The van der Waals surface area contributed by atoms with Gasteiger partial charge in [0, 0.05) is 5.69 Å². The van der Waals surface area contributed by atoms with E-state index in [0.29, 0.717) is 5.75 Å². The van der Waals surface area contributed by atoms with Gasteiger partial charge >= 0.3 is 0 Å². The lowest BCUT2D eigenvalue weighted by Gasteiger charge is -2.06. The van der Waals surface area contributed by atoms with Crippen LogP contribution in [0.15, 0.2) is 52.9 Å². The largest absolute Gasteiger partial charge is 0.330 e. The second-order valence-corrected chi connectivity index (χ2v) is 8.15. The molecule has 0 atom stereocenters. The molecule has 2 heterocycles. The molecule has 0 fully saturated rings. The summed E-state index contributed by atoms with van der Waals surface area (Å²) in [6.45, 7) is 4.16. The lowest BCUT2D eigenvalue weighted by molar-refractivity contribution is 0.777. The third-order valence-electron chi connectivity index (χ3n) is 3.89. The number of para-hydroxylation sites is 1. The van der Waals surface area contributed by atoms with E-state index in [9.17, 15) is 0 Å². The van der Waals surface area contributed by atoms with E-state index in [2.05, 4.69) is 63.1 Å². The molecule has 4 aromatic rings. The lowest BCUT2D eigenvalue weighted by atomic mass is 10.1. The number of nitrogens with zero attached hydrogens (tertiary/aromatic N) is 6. The van der Waals surface area contributed by atoms with Crippen LogP contribution in [0, 0.1) is 13.8 Å². The molecular formula is C18H17N7S2. The fraction of sp³-hybridized carbons (Fsp3) is 0.167. The van der Waals surface area contributed by atoms with Gasteiger partial charge in [-0.2, -0.15) is 4.68 Å². The summed E-state index contributed by atoms with van der Waals surface area (Å²) >= 11 is 3.08. The minimum Gasteiger partial charge on any atom is -0.330 e. The summed E-state index contributed by atoms with van der Waals surface area (Å²) < 4.78 is 2.60. The SMILES string of the molecule is Cc1ccc(Nc2nnc(SCc3nnnn3-c3ccccc3)s2)c(C)c1. The van der Waals surface area contributed by atoms with Gasteiger partial charge in [-0.25, -0.2) is 0 Å². The third-order valence-corrected chi connectivity index (χ3v) is 5.86. The van der Waals surface area contributed by atoms with Gasteiger partial charge in [0.2, 0.25) is 5.13 Å². The molecule has 0 amide bonds. The summed E-state index contributed by atoms with van der Waals surface area (Å²) in [5.41, 5.74) is 4.40. The predicted molar refractivity (Wildman–Crippen MR) is 108 cm³/mol. The first-order valence-electron chi connectivity index (χ1n) is 8.32. The van der Waals surface area contributed by atoms with E-state index in [1.54, 1.807) is 16.4 Å². The number of hydrogen-bond acceptors (Lipinski definition) is 8. The lowest BCUT2D eigenvalue weighted by Crippen LogP contribution is -2.01. The Labute approximate surface area is 164 Å². The number of hydrogen-bond donors (Lipinski definition) is 1. The molecule has 1 N–H and O–H groups in total. The molecule has 4 rings (SSSR count). The minimum atomic E-state index is 0.611. The third kappa shape index (κ3) is 4.15. The topological polar surface area (TPSA) is 81.4 Å². The van der Waals surface area contributed by atoms with Crippen LogP contribution in [0.2, 0.25) is 0 Å². The first kappa shape index (κ1) is 17.6. The highest BCUT2D eigenvalue weighted by Crippen LogP contribution is 2.30. The van der Waals surface area contributed by atoms with Crippen LogP contribution in [0.1, 0.15) is 17.0 Å². The van der Waals surface area contributed by atoms with Crippen LogP contribution in [0.3, 0.4) is 0 Å². The number of anilines is 2. The maximum absolute atomic E-state index is 4.25. The Morgan fingerprint density at radius 3 is 2.70 bits per heavy atom. The van der Waals surface area contributed by atoms with Gasteiger partial charge in [-0.1, -0.05) is 59.0 Å². The molecule has 2 aromatic heterocycles. The van der Waals surface area contributed by atoms with E-state index in [-0.39, 0.29) is 0 Å². The van der Waals surface area contributed by atoms with Crippen LogP contribution in [0.5, 0.6) is 0 Å². The van der Waals surface area contributed by atoms with Gasteiger partial charge in [0.1, 0.15) is 0 Å². The van der Waals surface area contributed by atoms with E-state index in [1.807, 2.05) is 30.3 Å². The van der Waals surface area contributed by atoms with Gasteiger partial charge in [0.25, 0.3) is 0 Å². The van der Waals surface area contributed by atoms with Crippen molar-refractivity contribution in [3.8, 4) is 5.69 Å². The Balaban J connectivity index is 1.43. The van der Waals surface area contributed by atoms with Gasteiger partial charge in [-0.05, 0) is 48.0 Å². The predicted octanol–water partition coefficient (Wildman–Crippen LogP) is 4.17. The Kier molecular flexibility index (Phi) is 5.12. The van der Waals surface area contributed by atoms with Crippen molar-refractivity contribution in [2.75, 3.05) is 5.32 Å². The second-order valence-electron chi connectivity index (χ2n) is 5.95. The van der Waals surface area contributed by atoms with Crippen LogP contribution < -0.4 is 5.32 Å². The molecule has 0 saturated carbocycles. The molecule has 27 heavy (non-hydrogen) atoms. The van der Waals surface area contributed by atoms with Crippen molar-refractivity contribution in [1.82, 2.24) is 30.4 Å². The number of aromatic nitrogens is 6. The van der Waals surface area contributed by atoms with Gasteiger partial charge in [-0.3, -0.25) is 0 Å². The molecule has 0 bridgehead atoms. The van der Waals surface area contributed by atoms with Crippen molar-refractivity contribution in [3.05, 3.63) is 65.5 Å². The summed E-state index contributed by atoms with van der Waals surface area (Å²) in [7, 11) is 0. The van der Waals surface area contributed by atoms with E-state index >= 15 is 0 Å². The molecule has 0 radical (unpaired) electrons. The second kappa shape index (κ2) is 7.85. The first-order valence-corrected chi connectivity index (χ1v) is 10.1. The van der Waals surface area contributed by atoms with E-state index < -0.39 is 0 Å². The highest BCUT2D eigenvalue weighted by molar-refractivity contribution is 8.00. The Hall–Kier alpha value is -2.78. The summed E-state index contributed by atoms with van der Waals surface area (Å²) in [4.78, 5) is 0. The average Bonchev–Trinajstić information content (AvgIpc) is 3.32. The van der Waals surface area contributed by atoms with Crippen molar-refractivity contribution in [2.24, 2.45) is 0 Å². The molecular weight excluding hydrogens is 378 g/mol. The van der Waals surface area contributed by atoms with E-state index in [4.69, 9.17) is 0 Å². The number of rotatable bonds is 6. The molecule has 0 saturated heterocycles. The van der Waals surface area contributed by atoms with Gasteiger partial charge < -0.3 is 5.32 Å². The number of nitrogens with one attached hydrogen (secondary N) is 1. The number of aryl methyl sites for hydroxylation is 2. The Bertz CT molecular complexity index is 1040. The average molecular weight is 396 g/mol. The standard InChI is InChI=1S/C18H17N7S2/c1-12-8-9-15(13(2)10-12)19-17-21-22-18(27-17)26-11-16-20-23-24-25(16)14-6-4-3-5-7-14/h3-10H,11H2,1-2H3,(H,19,21). The zero-order valence-corrected chi connectivity index (χ0v) is 16.5. The summed E-state index contributed by atoms with van der Waals surface area (Å²) in [6.07, 6.45) is 0. The van der Waals surface area contributed by atoms with Gasteiger partial charge in [0.15, 0.2) is 10.2 Å². The van der Waals surface area contributed by atoms with Crippen LogP contribution in [-0.4, -0.2) is 30.4 Å². The van der Waals surface area contributed by atoms with Crippen molar-refractivity contribution < 1.29 is 0 Å². The van der Waals surface area contributed by atoms with Crippen LogP contribution in [0.25, 0.3) is 5.69 Å². The first-order chi connectivity index (χ1) is 13.2. The van der Waals surface area contributed by atoms with Crippen LogP contribution >= 0.6 is 23.1 Å².